The Balaban J connectivity index is 2.12. The van der Waals surface area contributed by atoms with Crippen molar-refractivity contribution in [1.82, 2.24) is 0 Å². The SMILES string of the molecule is C[C@@H]1O[C@]2(COC(C)(C)C)CO[C@H]1C2OC(C)(C)C. The summed E-state index contributed by atoms with van der Waals surface area (Å²) < 4.78 is 24.1. The van der Waals surface area contributed by atoms with E-state index < -0.39 is 5.60 Å². The highest BCUT2D eigenvalue weighted by Crippen LogP contribution is 2.43. The van der Waals surface area contributed by atoms with E-state index in [0.717, 1.165) is 0 Å². The number of rotatable bonds is 3. The van der Waals surface area contributed by atoms with Gasteiger partial charge in [0.2, 0.25) is 0 Å². The topological polar surface area (TPSA) is 36.9 Å². The standard InChI is InChI=1S/C15H28O4/c1-10-11-12(19-14(5,6)7)15(18-10,8-16-11)9-17-13(2,3)4/h10-12H,8-9H2,1-7H3/t10-,11+,12?,15-/m0/s1. The van der Waals surface area contributed by atoms with Crippen molar-refractivity contribution in [1.29, 1.82) is 0 Å². The molecule has 2 fully saturated rings. The molecule has 112 valence electrons. The highest BCUT2D eigenvalue weighted by atomic mass is 16.7. The average molecular weight is 272 g/mol. The Morgan fingerprint density at radius 3 is 2.21 bits per heavy atom. The summed E-state index contributed by atoms with van der Waals surface area (Å²) in [7, 11) is 0. The first-order valence-electron chi connectivity index (χ1n) is 7.14. The Hall–Kier alpha value is -0.160. The highest BCUT2D eigenvalue weighted by Gasteiger charge is 2.62. The Morgan fingerprint density at radius 2 is 1.74 bits per heavy atom. The summed E-state index contributed by atoms with van der Waals surface area (Å²) in [6.45, 7) is 15.5. The number of hydrogen-bond acceptors (Lipinski definition) is 4. The number of ether oxygens (including phenoxy) is 4. The fraction of sp³-hybridized carbons (Fsp3) is 1.00. The van der Waals surface area contributed by atoms with Gasteiger partial charge < -0.3 is 18.9 Å². The van der Waals surface area contributed by atoms with Crippen molar-refractivity contribution < 1.29 is 18.9 Å². The Bertz CT molecular complexity index is 328. The largest absolute Gasteiger partial charge is 0.373 e. The highest BCUT2D eigenvalue weighted by molar-refractivity contribution is 5.09. The van der Waals surface area contributed by atoms with Crippen LogP contribution in [-0.4, -0.2) is 48.3 Å². The predicted molar refractivity (Wildman–Crippen MR) is 73.3 cm³/mol. The molecule has 0 aromatic carbocycles. The first-order valence-corrected chi connectivity index (χ1v) is 7.14. The van der Waals surface area contributed by atoms with E-state index in [9.17, 15) is 0 Å². The van der Waals surface area contributed by atoms with Crippen molar-refractivity contribution >= 4 is 0 Å². The summed E-state index contributed by atoms with van der Waals surface area (Å²) >= 11 is 0. The smallest absolute Gasteiger partial charge is 0.144 e. The minimum absolute atomic E-state index is 0.0165. The van der Waals surface area contributed by atoms with Gasteiger partial charge in [-0.3, -0.25) is 0 Å². The lowest BCUT2D eigenvalue weighted by Crippen LogP contribution is -2.50. The molecule has 4 nitrogen and oxygen atoms in total. The number of fused-ring (bicyclic) bond motifs is 2. The first-order chi connectivity index (χ1) is 8.53. The third-order valence-electron chi connectivity index (χ3n) is 3.45. The minimum Gasteiger partial charge on any atom is -0.373 e. The molecule has 0 aromatic rings. The summed E-state index contributed by atoms with van der Waals surface area (Å²) in [5.74, 6) is 0. The maximum absolute atomic E-state index is 6.19. The molecule has 4 heteroatoms. The fourth-order valence-electron chi connectivity index (χ4n) is 2.68. The summed E-state index contributed by atoms with van der Waals surface area (Å²) in [5.41, 5.74) is -0.851. The van der Waals surface area contributed by atoms with Gasteiger partial charge in [-0.1, -0.05) is 0 Å². The fourth-order valence-corrected chi connectivity index (χ4v) is 2.68. The second kappa shape index (κ2) is 4.69. The summed E-state index contributed by atoms with van der Waals surface area (Å²) in [5, 5.41) is 0. The molecule has 2 heterocycles. The lowest BCUT2D eigenvalue weighted by molar-refractivity contribution is -0.190. The Labute approximate surface area is 116 Å². The van der Waals surface area contributed by atoms with E-state index in [1.54, 1.807) is 0 Å². The molecule has 2 rings (SSSR count). The van der Waals surface area contributed by atoms with Gasteiger partial charge in [0, 0.05) is 0 Å². The maximum Gasteiger partial charge on any atom is 0.144 e. The molecule has 4 atom stereocenters. The van der Waals surface area contributed by atoms with Crippen LogP contribution in [0.25, 0.3) is 0 Å². The van der Waals surface area contributed by atoms with Crippen LogP contribution in [0.3, 0.4) is 0 Å². The van der Waals surface area contributed by atoms with Crippen LogP contribution >= 0.6 is 0 Å². The molecule has 0 aromatic heterocycles. The zero-order valence-electron chi connectivity index (χ0n) is 13.3. The van der Waals surface area contributed by atoms with Crippen molar-refractivity contribution in [3.63, 3.8) is 0 Å². The Morgan fingerprint density at radius 1 is 1.11 bits per heavy atom. The van der Waals surface area contributed by atoms with Gasteiger partial charge in [0.15, 0.2) is 0 Å². The van der Waals surface area contributed by atoms with E-state index in [2.05, 4.69) is 41.5 Å². The zero-order valence-corrected chi connectivity index (χ0v) is 13.3. The molecule has 2 saturated heterocycles. The molecular weight excluding hydrogens is 244 g/mol. The van der Waals surface area contributed by atoms with Gasteiger partial charge in [-0.15, -0.1) is 0 Å². The average Bonchev–Trinajstić information content (AvgIpc) is 2.64. The first kappa shape index (κ1) is 15.2. The third kappa shape index (κ3) is 3.30. The molecule has 1 unspecified atom stereocenters. The predicted octanol–water partition coefficient (Wildman–Crippen LogP) is 2.54. The van der Waals surface area contributed by atoms with Crippen LogP contribution in [-0.2, 0) is 18.9 Å². The second-order valence-corrected chi connectivity index (χ2v) is 7.72. The molecule has 0 saturated carbocycles. The van der Waals surface area contributed by atoms with E-state index in [4.69, 9.17) is 18.9 Å². The zero-order chi connectivity index (χ0) is 14.5. The molecule has 2 bridgehead atoms. The lowest BCUT2D eigenvalue weighted by atomic mass is 9.97. The third-order valence-corrected chi connectivity index (χ3v) is 3.45. The van der Waals surface area contributed by atoms with Gasteiger partial charge in [0.05, 0.1) is 30.5 Å². The van der Waals surface area contributed by atoms with Crippen LogP contribution in [0.2, 0.25) is 0 Å². The van der Waals surface area contributed by atoms with Crippen LogP contribution in [0, 0.1) is 0 Å². The van der Waals surface area contributed by atoms with Crippen LogP contribution in [0.15, 0.2) is 0 Å². The van der Waals surface area contributed by atoms with Crippen molar-refractivity contribution in [3.05, 3.63) is 0 Å². The van der Waals surface area contributed by atoms with Crippen LogP contribution in [0.4, 0.5) is 0 Å². The lowest BCUT2D eigenvalue weighted by Gasteiger charge is -2.35. The van der Waals surface area contributed by atoms with E-state index >= 15 is 0 Å². The molecule has 0 amide bonds. The van der Waals surface area contributed by atoms with E-state index in [1.165, 1.54) is 0 Å². The van der Waals surface area contributed by atoms with E-state index in [0.29, 0.717) is 13.2 Å². The van der Waals surface area contributed by atoms with Gasteiger partial charge >= 0.3 is 0 Å². The summed E-state index contributed by atoms with van der Waals surface area (Å²) in [6, 6.07) is 0. The van der Waals surface area contributed by atoms with Crippen LogP contribution in [0.1, 0.15) is 48.5 Å². The van der Waals surface area contributed by atoms with E-state index in [-0.39, 0.29) is 29.5 Å². The summed E-state index contributed by atoms with van der Waals surface area (Å²) in [6.07, 6.45) is 0.0253. The minimum atomic E-state index is -0.454. The normalized spacial score (nSPS) is 39.0. The molecule has 0 aliphatic carbocycles. The van der Waals surface area contributed by atoms with Gasteiger partial charge in [-0.2, -0.15) is 0 Å². The van der Waals surface area contributed by atoms with Crippen molar-refractivity contribution in [3.8, 4) is 0 Å². The molecule has 2 aliphatic rings. The van der Waals surface area contributed by atoms with Crippen molar-refractivity contribution in [2.75, 3.05) is 13.2 Å². The number of hydrogen-bond donors (Lipinski definition) is 0. The van der Waals surface area contributed by atoms with Crippen molar-refractivity contribution in [2.24, 2.45) is 0 Å². The molecule has 2 aliphatic heterocycles. The van der Waals surface area contributed by atoms with Gasteiger partial charge in [-0.05, 0) is 48.5 Å². The monoisotopic (exact) mass is 272 g/mol. The Kier molecular flexibility index (Phi) is 3.76. The van der Waals surface area contributed by atoms with Crippen LogP contribution < -0.4 is 0 Å². The van der Waals surface area contributed by atoms with Gasteiger partial charge in [-0.25, -0.2) is 0 Å². The molecular formula is C15H28O4. The summed E-state index contributed by atoms with van der Waals surface area (Å²) in [4.78, 5) is 0. The second-order valence-electron chi connectivity index (χ2n) is 7.72. The van der Waals surface area contributed by atoms with Crippen molar-refractivity contribution in [2.45, 2.75) is 83.6 Å². The molecule has 0 spiro atoms. The van der Waals surface area contributed by atoms with Gasteiger partial charge in [0.1, 0.15) is 17.8 Å². The van der Waals surface area contributed by atoms with Gasteiger partial charge in [0.25, 0.3) is 0 Å². The molecule has 0 radical (unpaired) electrons. The quantitative estimate of drug-likeness (QED) is 0.791. The maximum atomic E-state index is 6.19. The van der Waals surface area contributed by atoms with Crippen LogP contribution in [0.5, 0.6) is 0 Å². The molecule has 0 N–H and O–H groups in total. The molecule has 19 heavy (non-hydrogen) atoms. The van der Waals surface area contributed by atoms with E-state index in [1.807, 2.05) is 6.92 Å².